The maximum atomic E-state index is 11.1. The molecule has 1 aromatic rings. The predicted octanol–water partition coefficient (Wildman–Crippen LogP) is 1.52. The van der Waals surface area contributed by atoms with Gasteiger partial charge < -0.3 is 0 Å². The molecule has 0 aromatic heterocycles. The number of benzene rings is 1. The molecule has 0 amide bonds. The standard InChI is InChI=1S/C11H9NO2/c12-6-5-11(14)7-9-3-1-2-4-10(9)8-13/h1-4,8H,5,7H2/i11+1. The molecule has 0 saturated carbocycles. The van der Waals surface area contributed by atoms with Crippen LogP contribution in [0.4, 0.5) is 0 Å². The zero-order valence-electron chi connectivity index (χ0n) is 7.56. The molecule has 1 aromatic carbocycles. The highest BCUT2D eigenvalue weighted by molar-refractivity contribution is 5.86. The Labute approximate surface area is 82.0 Å². The molecule has 0 radical (unpaired) electrons. The van der Waals surface area contributed by atoms with E-state index in [1.54, 1.807) is 30.3 Å². The average Bonchev–Trinajstić information content (AvgIpc) is 2.19. The molecule has 0 heterocycles. The highest BCUT2D eigenvalue weighted by Crippen LogP contribution is 2.07. The fourth-order valence-corrected chi connectivity index (χ4v) is 1.17. The van der Waals surface area contributed by atoms with Gasteiger partial charge in [0.15, 0.2) is 5.78 Å². The summed E-state index contributed by atoms with van der Waals surface area (Å²) in [4.78, 5) is 21.7. The quantitative estimate of drug-likeness (QED) is 0.531. The van der Waals surface area contributed by atoms with E-state index in [9.17, 15) is 9.59 Å². The number of hydrogen-bond acceptors (Lipinski definition) is 3. The Kier molecular flexibility index (Phi) is 3.57. The Balaban J connectivity index is 2.81. The minimum absolute atomic E-state index is 0.104. The van der Waals surface area contributed by atoms with Gasteiger partial charge in [0.1, 0.15) is 6.29 Å². The Morgan fingerprint density at radius 1 is 1.43 bits per heavy atom. The van der Waals surface area contributed by atoms with Gasteiger partial charge in [-0.15, -0.1) is 0 Å². The summed E-state index contributed by atoms with van der Waals surface area (Å²) in [6.45, 7) is 0. The molecule has 0 atom stereocenters. The third-order valence-electron chi connectivity index (χ3n) is 1.85. The fraction of sp³-hybridized carbons (Fsp3) is 0.182. The molecule has 3 heteroatoms. The van der Waals surface area contributed by atoms with Crippen molar-refractivity contribution in [2.75, 3.05) is 0 Å². The monoisotopic (exact) mass is 188 g/mol. The lowest BCUT2D eigenvalue weighted by Gasteiger charge is -2.00. The van der Waals surface area contributed by atoms with E-state index < -0.39 is 0 Å². The van der Waals surface area contributed by atoms with Gasteiger partial charge in [-0.05, 0) is 5.56 Å². The largest absolute Gasteiger partial charge is 0.298 e. The maximum Gasteiger partial charge on any atom is 0.151 e. The van der Waals surface area contributed by atoms with Crippen LogP contribution in [0.2, 0.25) is 0 Å². The van der Waals surface area contributed by atoms with Crippen LogP contribution >= 0.6 is 0 Å². The van der Waals surface area contributed by atoms with Crippen molar-refractivity contribution >= 4 is 12.1 Å². The van der Waals surface area contributed by atoms with Crippen molar-refractivity contribution in [2.45, 2.75) is 12.8 Å². The molecule has 0 unspecified atom stereocenters. The maximum absolute atomic E-state index is 11.1. The minimum Gasteiger partial charge on any atom is -0.298 e. The van der Waals surface area contributed by atoms with E-state index in [0.717, 1.165) is 6.29 Å². The van der Waals surface area contributed by atoms with Gasteiger partial charge >= 0.3 is 0 Å². The highest BCUT2D eigenvalue weighted by Gasteiger charge is 2.06. The van der Waals surface area contributed by atoms with Crippen LogP contribution in [0.25, 0.3) is 0 Å². The summed E-state index contributed by atoms with van der Waals surface area (Å²) in [7, 11) is 0. The van der Waals surface area contributed by atoms with Gasteiger partial charge in [-0.2, -0.15) is 5.26 Å². The fourth-order valence-electron chi connectivity index (χ4n) is 1.17. The predicted molar refractivity (Wildman–Crippen MR) is 50.8 cm³/mol. The van der Waals surface area contributed by atoms with Gasteiger partial charge in [0.05, 0.1) is 12.5 Å². The van der Waals surface area contributed by atoms with Crippen LogP contribution in [0.1, 0.15) is 22.3 Å². The van der Waals surface area contributed by atoms with Crippen molar-refractivity contribution in [1.82, 2.24) is 0 Å². The van der Waals surface area contributed by atoms with Crippen LogP contribution in [0.15, 0.2) is 24.3 Å². The first-order chi connectivity index (χ1) is 6.77. The van der Waals surface area contributed by atoms with Crippen molar-refractivity contribution < 1.29 is 9.59 Å². The summed E-state index contributed by atoms with van der Waals surface area (Å²) in [6.07, 6.45) is 0.769. The number of carbonyl (C=O) groups is 2. The van der Waals surface area contributed by atoms with Crippen molar-refractivity contribution in [3.05, 3.63) is 35.4 Å². The summed E-state index contributed by atoms with van der Waals surface area (Å²) < 4.78 is 0. The number of ketones is 1. The van der Waals surface area contributed by atoms with Crippen LogP contribution in [0.5, 0.6) is 0 Å². The summed E-state index contributed by atoms with van der Waals surface area (Å²) in [5.74, 6) is -0.165. The van der Waals surface area contributed by atoms with Crippen molar-refractivity contribution in [1.29, 1.82) is 5.26 Å². The number of Topliss-reactive ketones (excluding diaryl/α,β-unsaturated/α-hetero) is 1. The number of hydrogen-bond donors (Lipinski definition) is 0. The van der Waals surface area contributed by atoms with E-state index in [1.807, 2.05) is 0 Å². The van der Waals surface area contributed by atoms with Crippen molar-refractivity contribution in [2.24, 2.45) is 0 Å². The molecule has 0 fully saturated rings. The third kappa shape index (κ3) is 2.53. The number of carbonyl (C=O) groups excluding carboxylic acids is 2. The molecule has 70 valence electrons. The number of rotatable bonds is 4. The molecular formula is C11H9NO2. The number of nitriles is 1. The Bertz CT molecular complexity index is 391. The van der Waals surface area contributed by atoms with Gasteiger partial charge in [0.25, 0.3) is 0 Å². The topological polar surface area (TPSA) is 57.9 Å². The van der Waals surface area contributed by atoms with Crippen LogP contribution in [0, 0.1) is 11.3 Å². The van der Waals surface area contributed by atoms with E-state index in [2.05, 4.69) is 0 Å². The number of aldehydes is 1. The summed E-state index contributed by atoms with van der Waals surface area (Å²) >= 11 is 0. The first-order valence-corrected chi connectivity index (χ1v) is 4.19. The Morgan fingerprint density at radius 3 is 2.79 bits per heavy atom. The highest BCUT2D eigenvalue weighted by atomic mass is 16.2. The molecule has 0 bridgehead atoms. The molecule has 0 aliphatic heterocycles. The lowest BCUT2D eigenvalue weighted by molar-refractivity contribution is -0.117. The zero-order valence-corrected chi connectivity index (χ0v) is 7.56. The molecular weight excluding hydrogens is 179 g/mol. The van der Waals surface area contributed by atoms with Crippen molar-refractivity contribution in [3.63, 3.8) is 0 Å². The Morgan fingerprint density at radius 2 is 2.14 bits per heavy atom. The first-order valence-electron chi connectivity index (χ1n) is 4.19. The van der Waals surface area contributed by atoms with Gasteiger partial charge in [-0.3, -0.25) is 9.59 Å². The summed E-state index contributed by atoms with van der Waals surface area (Å²) in [5, 5.41) is 8.30. The van der Waals surface area contributed by atoms with Crippen LogP contribution in [-0.2, 0) is 11.2 Å². The summed E-state index contributed by atoms with van der Waals surface area (Å²) in [5.41, 5.74) is 1.20. The van der Waals surface area contributed by atoms with Crippen LogP contribution in [-0.4, -0.2) is 12.1 Å². The van der Waals surface area contributed by atoms with Crippen LogP contribution < -0.4 is 0 Å². The lowest BCUT2D eigenvalue weighted by atomic mass is 10.1. The van der Waals surface area contributed by atoms with E-state index >= 15 is 0 Å². The van der Waals surface area contributed by atoms with Gasteiger partial charge in [-0.1, -0.05) is 24.3 Å². The average molecular weight is 188 g/mol. The molecule has 3 nitrogen and oxygen atoms in total. The number of nitrogens with zero attached hydrogens (tertiary/aromatic N) is 1. The molecule has 0 spiro atoms. The molecule has 1 rings (SSSR count). The van der Waals surface area contributed by atoms with E-state index in [-0.39, 0.29) is 18.6 Å². The molecule has 0 N–H and O–H groups in total. The van der Waals surface area contributed by atoms with Gasteiger partial charge in [0, 0.05) is 12.0 Å². The lowest BCUT2D eigenvalue weighted by Crippen LogP contribution is -2.03. The SMILES string of the molecule is N#CC[13C](=O)Cc1ccccc1C=O. The Hall–Kier alpha value is -1.95. The van der Waals surface area contributed by atoms with Crippen LogP contribution in [0.3, 0.4) is 0 Å². The molecule has 0 saturated heterocycles. The minimum atomic E-state index is -0.165. The molecule has 14 heavy (non-hydrogen) atoms. The second-order valence-corrected chi connectivity index (χ2v) is 2.87. The summed E-state index contributed by atoms with van der Waals surface area (Å²) in [6, 6.07) is 8.67. The second-order valence-electron chi connectivity index (χ2n) is 2.87. The van der Waals surface area contributed by atoms with Gasteiger partial charge in [0.2, 0.25) is 0 Å². The van der Waals surface area contributed by atoms with E-state index in [0.29, 0.717) is 11.1 Å². The van der Waals surface area contributed by atoms with E-state index in [4.69, 9.17) is 5.26 Å². The molecule has 0 aliphatic rings. The second kappa shape index (κ2) is 4.93. The van der Waals surface area contributed by atoms with Crippen molar-refractivity contribution in [3.8, 4) is 6.07 Å². The van der Waals surface area contributed by atoms with Gasteiger partial charge in [-0.25, -0.2) is 0 Å². The normalized spacial score (nSPS) is 9.07. The smallest absolute Gasteiger partial charge is 0.151 e. The zero-order chi connectivity index (χ0) is 10.4. The first kappa shape index (κ1) is 10.1. The molecule has 0 aliphatic carbocycles. The third-order valence-corrected chi connectivity index (χ3v) is 1.85. The van der Waals surface area contributed by atoms with E-state index in [1.165, 1.54) is 0 Å².